The highest BCUT2D eigenvalue weighted by atomic mass is 79.9. The van der Waals surface area contributed by atoms with Crippen LogP contribution in [0.3, 0.4) is 0 Å². The maximum atomic E-state index is 13.6. The molecule has 0 spiro atoms. The van der Waals surface area contributed by atoms with Crippen LogP contribution in [0.2, 0.25) is 0 Å². The van der Waals surface area contributed by atoms with Gasteiger partial charge in [-0.3, -0.25) is 4.79 Å². The lowest BCUT2D eigenvalue weighted by atomic mass is 10.0. The van der Waals surface area contributed by atoms with E-state index in [2.05, 4.69) is 15.9 Å². The van der Waals surface area contributed by atoms with E-state index in [4.69, 9.17) is 0 Å². The van der Waals surface area contributed by atoms with Gasteiger partial charge >= 0.3 is 0 Å². The van der Waals surface area contributed by atoms with Gasteiger partial charge in [-0.2, -0.15) is 0 Å². The van der Waals surface area contributed by atoms with Gasteiger partial charge < -0.3 is 0 Å². The first-order valence-corrected chi connectivity index (χ1v) is 5.95. The molecule has 0 saturated heterocycles. The van der Waals surface area contributed by atoms with Crippen molar-refractivity contribution in [2.24, 2.45) is 11.8 Å². The summed E-state index contributed by atoms with van der Waals surface area (Å²) in [6.45, 7) is 1.97. The number of benzene rings is 1. The lowest BCUT2D eigenvalue weighted by molar-refractivity contribution is -0.119. The molecule has 2 rings (SSSR count). The molecule has 0 aromatic heterocycles. The van der Waals surface area contributed by atoms with Gasteiger partial charge in [0, 0.05) is 17.9 Å². The van der Waals surface area contributed by atoms with E-state index in [0.717, 1.165) is 6.42 Å². The van der Waals surface area contributed by atoms with Crippen LogP contribution in [0.15, 0.2) is 16.6 Å². The smallest absolute Gasteiger partial charge is 0.143 e. The fourth-order valence-corrected chi connectivity index (χ4v) is 2.18. The summed E-state index contributed by atoms with van der Waals surface area (Å²) in [6, 6.07) is 2.48. The zero-order valence-corrected chi connectivity index (χ0v) is 10.4. The molecule has 0 amide bonds. The first-order chi connectivity index (χ1) is 7.50. The molecule has 86 valence electrons. The second-order valence-electron chi connectivity index (χ2n) is 4.28. The monoisotopic (exact) mass is 288 g/mol. The highest BCUT2D eigenvalue weighted by Crippen LogP contribution is 2.39. The number of halogens is 3. The van der Waals surface area contributed by atoms with Crippen LogP contribution >= 0.6 is 15.9 Å². The molecule has 16 heavy (non-hydrogen) atoms. The molecule has 0 bridgehead atoms. The number of ketones is 1. The van der Waals surface area contributed by atoms with Gasteiger partial charge in [0.15, 0.2) is 0 Å². The van der Waals surface area contributed by atoms with Crippen molar-refractivity contribution < 1.29 is 13.6 Å². The molecule has 1 aromatic rings. The van der Waals surface area contributed by atoms with E-state index in [1.54, 1.807) is 0 Å². The topological polar surface area (TPSA) is 17.1 Å². The molecule has 0 radical (unpaired) electrons. The van der Waals surface area contributed by atoms with Crippen LogP contribution in [0.25, 0.3) is 0 Å². The number of Topliss-reactive ketones (excluding diaryl/α,β-unsaturated/α-hetero) is 1. The van der Waals surface area contributed by atoms with E-state index >= 15 is 0 Å². The quantitative estimate of drug-likeness (QED) is 0.778. The highest BCUT2D eigenvalue weighted by Gasteiger charge is 2.39. The predicted molar refractivity (Wildman–Crippen MR) is 60.0 cm³/mol. The molecule has 0 heterocycles. The summed E-state index contributed by atoms with van der Waals surface area (Å²) in [5.74, 6) is -1.02. The maximum absolute atomic E-state index is 13.6. The lowest BCUT2D eigenvalue weighted by Gasteiger charge is -2.05. The van der Waals surface area contributed by atoms with Crippen LogP contribution in [0.5, 0.6) is 0 Å². The Labute approximate surface area is 101 Å². The van der Waals surface area contributed by atoms with Gasteiger partial charge in [-0.25, -0.2) is 8.78 Å². The molecule has 4 heteroatoms. The van der Waals surface area contributed by atoms with E-state index in [1.165, 1.54) is 12.1 Å². The summed E-state index contributed by atoms with van der Waals surface area (Å²) in [5.41, 5.74) is -0.126. The van der Waals surface area contributed by atoms with E-state index in [0.29, 0.717) is 5.92 Å². The SMILES string of the molecule is CC1CC1C(=O)Cc1c(F)ccc(Br)c1F. The van der Waals surface area contributed by atoms with Gasteiger partial charge in [0.05, 0.1) is 4.47 Å². The van der Waals surface area contributed by atoms with Crippen LogP contribution < -0.4 is 0 Å². The number of rotatable bonds is 3. The normalized spacial score (nSPS) is 23.2. The number of carbonyl (C=O) groups is 1. The Morgan fingerprint density at radius 3 is 2.69 bits per heavy atom. The molecule has 1 saturated carbocycles. The Morgan fingerprint density at radius 2 is 2.12 bits per heavy atom. The molecule has 1 aliphatic rings. The maximum Gasteiger partial charge on any atom is 0.143 e. The van der Waals surface area contributed by atoms with E-state index in [-0.39, 0.29) is 28.2 Å². The second kappa shape index (κ2) is 4.24. The van der Waals surface area contributed by atoms with E-state index in [1.807, 2.05) is 6.92 Å². The molecule has 1 aromatic carbocycles. The molecule has 0 N–H and O–H groups in total. The molecule has 1 fully saturated rings. The third-order valence-corrected chi connectivity index (χ3v) is 3.63. The summed E-state index contributed by atoms with van der Waals surface area (Å²) in [5, 5.41) is 0. The van der Waals surface area contributed by atoms with E-state index < -0.39 is 11.6 Å². The Morgan fingerprint density at radius 1 is 1.50 bits per heavy atom. The van der Waals surface area contributed by atoms with Gasteiger partial charge in [0.2, 0.25) is 0 Å². The highest BCUT2D eigenvalue weighted by molar-refractivity contribution is 9.10. The molecule has 1 nitrogen and oxygen atoms in total. The number of carbonyl (C=O) groups excluding carboxylic acids is 1. The van der Waals surface area contributed by atoms with Crippen LogP contribution in [0, 0.1) is 23.5 Å². The van der Waals surface area contributed by atoms with Crippen LogP contribution in [-0.2, 0) is 11.2 Å². The van der Waals surface area contributed by atoms with Crippen molar-refractivity contribution in [3.8, 4) is 0 Å². The molecule has 0 aliphatic heterocycles. The summed E-state index contributed by atoms with van der Waals surface area (Å²) in [4.78, 5) is 11.7. The largest absolute Gasteiger partial charge is 0.299 e. The van der Waals surface area contributed by atoms with Crippen molar-refractivity contribution in [2.45, 2.75) is 19.8 Å². The van der Waals surface area contributed by atoms with Crippen molar-refractivity contribution in [2.75, 3.05) is 0 Å². The summed E-state index contributed by atoms with van der Waals surface area (Å²) in [7, 11) is 0. The summed E-state index contributed by atoms with van der Waals surface area (Å²) < 4.78 is 27.1. The van der Waals surface area contributed by atoms with Gasteiger partial charge in [-0.15, -0.1) is 0 Å². The van der Waals surface area contributed by atoms with Gasteiger partial charge in [-0.1, -0.05) is 6.92 Å². The van der Waals surface area contributed by atoms with Crippen LogP contribution in [0.4, 0.5) is 8.78 Å². The molecular formula is C12H11BrF2O. The standard InChI is InChI=1S/C12H11BrF2O/c1-6-4-7(6)11(16)5-8-10(14)3-2-9(13)12(8)15/h2-3,6-7H,4-5H2,1H3. The Hall–Kier alpha value is -0.770. The molecule has 1 aliphatic carbocycles. The Balaban J connectivity index is 2.20. The predicted octanol–water partition coefficient (Wildman–Crippen LogP) is 3.49. The summed E-state index contributed by atoms with van der Waals surface area (Å²) >= 11 is 2.98. The van der Waals surface area contributed by atoms with Crippen LogP contribution in [0.1, 0.15) is 18.9 Å². The first-order valence-electron chi connectivity index (χ1n) is 5.15. The fourth-order valence-electron chi connectivity index (χ4n) is 1.81. The molecule has 2 atom stereocenters. The first kappa shape index (κ1) is 11.7. The number of hydrogen-bond donors (Lipinski definition) is 0. The molecular weight excluding hydrogens is 278 g/mol. The fraction of sp³-hybridized carbons (Fsp3) is 0.417. The zero-order valence-electron chi connectivity index (χ0n) is 8.77. The van der Waals surface area contributed by atoms with Crippen molar-refractivity contribution in [1.82, 2.24) is 0 Å². The van der Waals surface area contributed by atoms with Crippen molar-refractivity contribution in [1.29, 1.82) is 0 Å². The number of hydrogen-bond acceptors (Lipinski definition) is 1. The van der Waals surface area contributed by atoms with Gasteiger partial charge in [0.1, 0.15) is 17.4 Å². The Bertz CT molecular complexity index is 445. The zero-order chi connectivity index (χ0) is 11.9. The molecule has 2 unspecified atom stereocenters. The average molecular weight is 289 g/mol. The van der Waals surface area contributed by atoms with Crippen molar-refractivity contribution >= 4 is 21.7 Å². The minimum atomic E-state index is -0.665. The lowest BCUT2D eigenvalue weighted by Crippen LogP contribution is -2.09. The van der Waals surface area contributed by atoms with Gasteiger partial charge in [0.25, 0.3) is 0 Å². The average Bonchev–Trinajstić information content (AvgIpc) is 2.96. The third kappa shape index (κ3) is 2.17. The van der Waals surface area contributed by atoms with E-state index in [9.17, 15) is 13.6 Å². The van der Waals surface area contributed by atoms with Gasteiger partial charge in [-0.05, 0) is 40.4 Å². The third-order valence-electron chi connectivity index (χ3n) is 3.01. The van der Waals surface area contributed by atoms with Crippen molar-refractivity contribution in [3.63, 3.8) is 0 Å². The minimum Gasteiger partial charge on any atom is -0.299 e. The minimum absolute atomic E-state index is 0.00205. The second-order valence-corrected chi connectivity index (χ2v) is 5.14. The summed E-state index contributed by atoms with van der Waals surface area (Å²) in [6.07, 6.45) is 0.697. The Kier molecular flexibility index (Phi) is 3.10. The van der Waals surface area contributed by atoms with Crippen molar-refractivity contribution in [3.05, 3.63) is 33.8 Å². The van der Waals surface area contributed by atoms with Crippen LogP contribution in [-0.4, -0.2) is 5.78 Å².